The third-order valence-electron chi connectivity index (χ3n) is 9.40. The lowest BCUT2D eigenvalue weighted by atomic mass is 9.63. The summed E-state index contributed by atoms with van der Waals surface area (Å²) in [7, 11) is 0. The number of aromatic nitrogens is 3. The summed E-state index contributed by atoms with van der Waals surface area (Å²) in [5.74, 6) is -1.73. The Bertz CT molecular complexity index is 2030. The van der Waals surface area contributed by atoms with Crippen LogP contribution in [-0.2, 0) is 20.5 Å². The van der Waals surface area contributed by atoms with Crippen LogP contribution in [0, 0.1) is 5.82 Å². The van der Waals surface area contributed by atoms with E-state index in [4.69, 9.17) is 14.8 Å². The molecular formula is C38H29FN4O4. The summed E-state index contributed by atoms with van der Waals surface area (Å²) in [6.07, 6.45) is 1.95. The fraction of sp³-hybridized carbons (Fsp3) is 0.158. The van der Waals surface area contributed by atoms with E-state index in [1.807, 2.05) is 71.5 Å². The average molecular weight is 625 g/mol. The molecule has 1 amide bonds. The molecule has 4 aromatic carbocycles. The van der Waals surface area contributed by atoms with Crippen LogP contribution >= 0.6 is 0 Å². The number of halogens is 1. The average Bonchev–Trinajstić information content (AvgIpc) is 3.60. The fourth-order valence-electron chi connectivity index (χ4n) is 7.39. The quantitative estimate of drug-likeness (QED) is 0.199. The van der Waals surface area contributed by atoms with E-state index in [-0.39, 0.29) is 18.4 Å². The first kappa shape index (κ1) is 28.6. The molecule has 6 aromatic rings. The van der Waals surface area contributed by atoms with Gasteiger partial charge in [0, 0.05) is 24.5 Å². The largest absolute Gasteiger partial charge is 0.480 e. The highest BCUT2D eigenvalue weighted by Gasteiger charge is 2.61. The number of fused-ring (bicyclic) bond motifs is 3. The normalized spacial score (nSPS) is 18.7. The van der Waals surface area contributed by atoms with Crippen molar-refractivity contribution in [1.29, 1.82) is 0 Å². The Morgan fingerprint density at radius 3 is 2.00 bits per heavy atom. The van der Waals surface area contributed by atoms with Gasteiger partial charge in [-0.3, -0.25) is 14.3 Å². The molecule has 1 aliphatic heterocycles. The number of nitrogens with zero attached hydrogens (tertiary/aromatic N) is 4. The number of carbonyl (C=O) groups is 2. The van der Waals surface area contributed by atoms with Crippen molar-refractivity contribution in [1.82, 2.24) is 14.8 Å². The summed E-state index contributed by atoms with van der Waals surface area (Å²) in [6.45, 7) is -0.527. The van der Waals surface area contributed by atoms with Gasteiger partial charge in [-0.05, 0) is 34.9 Å². The summed E-state index contributed by atoms with van der Waals surface area (Å²) in [6, 6.07) is 38.7. The highest BCUT2D eigenvalue weighted by molar-refractivity contribution is 6.11. The number of carboxylic acid groups (broad SMARTS) is 1. The van der Waals surface area contributed by atoms with Crippen LogP contribution in [-0.4, -0.2) is 44.4 Å². The number of amides is 1. The number of rotatable bonds is 8. The van der Waals surface area contributed by atoms with Crippen molar-refractivity contribution >= 4 is 28.6 Å². The summed E-state index contributed by atoms with van der Waals surface area (Å²) >= 11 is 0. The van der Waals surface area contributed by atoms with E-state index in [1.165, 1.54) is 12.1 Å². The number of benzene rings is 4. The first-order valence-electron chi connectivity index (χ1n) is 15.4. The molecule has 3 heterocycles. The molecular weight excluding hydrogens is 595 g/mol. The molecule has 8 nitrogen and oxygen atoms in total. The number of carboxylic acids is 1. The molecule has 1 saturated carbocycles. The van der Waals surface area contributed by atoms with Gasteiger partial charge in [-0.1, -0.05) is 97.1 Å². The van der Waals surface area contributed by atoms with E-state index in [2.05, 4.69) is 36.4 Å². The molecule has 0 unspecified atom stereocenters. The lowest BCUT2D eigenvalue weighted by molar-refractivity contribution is -0.138. The lowest BCUT2D eigenvalue weighted by Crippen LogP contribution is -2.54. The molecule has 2 aliphatic rings. The minimum absolute atomic E-state index is 0.216. The molecule has 1 aliphatic carbocycles. The molecule has 0 bridgehead atoms. The van der Waals surface area contributed by atoms with Crippen LogP contribution < -0.4 is 9.64 Å². The highest BCUT2D eigenvalue weighted by Crippen LogP contribution is 2.55. The van der Waals surface area contributed by atoms with E-state index in [9.17, 15) is 14.7 Å². The topological polar surface area (TPSA) is 97.5 Å². The van der Waals surface area contributed by atoms with Gasteiger partial charge in [0.2, 0.25) is 11.8 Å². The van der Waals surface area contributed by atoms with Crippen LogP contribution in [0.25, 0.3) is 11.0 Å². The molecule has 0 radical (unpaired) electrons. The fourth-order valence-corrected chi connectivity index (χ4v) is 7.39. The number of anilines is 1. The third kappa shape index (κ3) is 4.41. The van der Waals surface area contributed by atoms with Crippen molar-refractivity contribution in [2.45, 2.75) is 29.9 Å². The van der Waals surface area contributed by atoms with Gasteiger partial charge in [0.1, 0.15) is 35.0 Å². The highest BCUT2D eigenvalue weighted by atomic mass is 19.1. The van der Waals surface area contributed by atoms with Crippen LogP contribution in [0.4, 0.5) is 10.1 Å². The maximum Gasteiger partial charge on any atom is 0.323 e. The SMILES string of the molecule is O=C(O)CN1C(=O)C2(CC(Oc3ccc4nn(C(c5ccccc5)(c5ccccc5)c5ccccc5)cc4n3)C2)c2c(F)cccc21. The maximum atomic E-state index is 15.1. The standard InChI is InChI=1S/C38H29FN4O4/c39-29-17-10-18-32-35(29)37(36(46)42(32)24-34(44)45)21-28(22-37)47-33-20-19-30-31(40-33)23-43(41-30)38(25-11-4-1-5-12-25,26-13-6-2-7-14-26)27-15-8-3-9-16-27/h1-20,23,28H,21-22,24H2,(H,44,45). The zero-order valence-electron chi connectivity index (χ0n) is 25.2. The molecule has 9 heteroatoms. The maximum absolute atomic E-state index is 15.1. The van der Waals surface area contributed by atoms with Gasteiger partial charge in [-0.15, -0.1) is 0 Å². The number of carbonyl (C=O) groups excluding carboxylic acids is 1. The minimum Gasteiger partial charge on any atom is -0.480 e. The molecule has 47 heavy (non-hydrogen) atoms. The molecule has 232 valence electrons. The first-order valence-corrected chi connectivity index (χ1v) is 15.4. The number of ether oxygens (including phenoxy) is 1. The van der Waals surface area contributed by atoms with Crippen molar-refractivity contribution in [3.05, 3.63) is 156 Å². The molecule has 1 spiro atoms. The summed E-state index contributed by atoms with van der Waals surface area (Å²) in [5, 5.41) is 14.5. The van der Waals surface area contributed by atoms with Crippen molar-refractivity contribution in [2.75, 3.05) is 11.4 Å². The second-order valence-electron chi connectivity index (χ2n) is 12.1. The molecule has 2 aromatic heterocycles. The molecule has 8 rings (SSSR count). The van der Waals surface area contributed by atoms with Gasteiger partial charge in [-0.2, -0.15) is 5.10 Å². The lowest BCUT2D eigenvalue weighted by Gasteiger charge is -2.43. The number of hydrogen-bond donors (Lipinski definition) is 1. The zero-order valence-corrected chi connectivity index (χ0v) is 25.2. The summed E-state index contributed by atoms with van der Waals surface area (Å²) in [4.78, 5) is 31.0. The Morgan fingerprint density at radius 2 is 1.43 bits per heavy atom. The van der Waals surface area contributed by atoms with Crippen molar-refractivity contribution in [3.63, 3.8) is 0 Å². The Balaban J connectivity index is 1.14. The molecule has 0 atom stereocenters. The van der Waals surface area contributed by atoms with E-state index in [1.54, 1.807) is 12.1 Å². The summed E-state index contributed by atoms with van der Waals surface area (Å²) in [5.41, 5.74) is 3.01. The van der Waals surface area contributed by atoms with Gasteiger partial charge >= 0.3 is 5.97 Å². The van der Waals surface area contributed by atoms with Crippen molar-refractivity contribution < 1.29 is 23.8 Å². The van der Waals surface area contributed by atoms with Crippen LogP contribution in [0.15, 0.2) is 128 Å². The Labute approximate surface area is 269 Å². The minimum atomic E-state index is -1.16. The van der Waals surface area contributed by atoms with Gasteiger partial charge in [0.15, 0.2) is 0 Å². The van der Waals surface area contributed by atoms with Gasteiger partial charge in [0.25, 0.3) is 0 Å². The predicted molar refractivity (Wildman–Crippen MR) is 174 cm³/mol. The van der Waals surface area contributed by atoms with E-state index in [0.717, 1.165) is 21.6 Å². The van der Waals surface area contributed by atoms with E-state index >= 15 is 4.39 Å². The molecule has 0 saturated heterocycles. The number of hydrogen-bond acceptors (Lipinski definition) is 5. The van der Waals surface area contributed by atoms with Gasteiger partial charge in [0.05, 0.1) is 17.3 Å². The number of aliphatic carboxylic acids is 1. The van der Waals surface area contributed by atoms with Crippen LogP contribution in [0.3, 0.4) is 0 Å². The van der Waals surface area contributed by atoms with E-state index in [0.29, 0.717) is 22.6 Å². The third-order valence-corrected chi connectivity index (χ3v) is 9.40. The smallest absolute Gasteiger partial charge is 0.323 e. The van der Waals surface area contributed by atoms with Crippen molar-refractivity contribution in [2.24, 2.45) is 0 Å². The second-order valence-corrected chi connectivity index (χ2v) is 12.1. The molecule has 1 fully saturated rings. The van der Waals surface area contributed by atoms with E-state index < -0.39 is 41.3 Å². The monoisotopic (exact) mass is 624 g/mol. The van der Waals surface area contributed by atoms with Crippen LogP contribution in [0.2, 0.25) is 0 Å². The zero-order chi connectivity index (χ0) is 32.2. The number of pyridine rings is 1. The Morgan fingerprint density at radius 1 is 0.830 bits per heavy atom. The first-order chi connectivity index (χ1) is 22.9. The van der Waals surface area contributed by atoms with Gasteiger partial charge in [-0.25, -0.2) is 9.37 Å². The Kier molecular flexibility index (Phi) is 6.64. The van der Waals surface area contributed by atoms with Crippen molar-refractivity contribution in [3.8, 4) is 5.88 Å². The second kappa shape index (κ2) is 10.9. The Hall–Kier alpha value is -5.83. The molecule has 1 N–H and O–H groups in total. The van der Waals surface area contributed by atoms with Crippen LogP contribution in [0.1, 0.15) is 35.1 Å². The summed E-state index contributed by atoms with van der Waals surface area (Å²) < 4.78 is 23.3. The predicted octanol–water partition coefficient (Wildman–Crippen LogP) is 6.32. The van der Waals surface area contributed by atoms with Gasteiger partial charge < -0.3 is 14.7 Å². The van der Waals surface area contributed by atoms with Crippen LogP contribution in [0.5, 0.6) is 5.88 Å².